The van der Waals surface area contributed by atoms with Crippen molar-refractivity contribution in [3.63, 3.8) is 0 Å². The highest BCUT2D eigenvalue weighted by molar-refractivity contribution is 5.68. The van der Waals surface area contributed by atoms with Gasteiger partial charge in [-0.3, -0.25) is 0 Å². The van der Waals surface area contributed by atoms with Crippen LogP contribution in [0.1, 0.15) is 11.1 Å². The van der Waals surface area contributed by atoms with Gasteiger partial charge in [0.1, 0.15) is 0 Å². The highest BCUT2D eigenvalue weighted by Crippen LogP contribution is 2.39. The van der Waals surface area contributed by atoms with E-state index in [0.717, 1.165) is 12.1 Å². The van der Waals surface area contributed by atoms with Crippen molar-refractivity contribution < 1.29 is 30.7 Å². The summed E-state index contributed by atoms with van der Waals surface area (Å²) in [4.78, 5) is 2.89. The number of alkyl halides is 6. The van der Waals surface area contributed by atoms with E-state index in [1.165, 1.54) is 6.07 Å². The molecule has 0 amide bonds. The van der Waals surface area contributed by atoms with Gasteiger partial charge in [-0.15, -0.1) is 0 Å². The molecule has 0 saturated carbocycles. The second kappa shape index (κ2) is 5.01. The minimum absolute atomic E-state index is 0.231. The van der Waals surface area contributed by atoms with Gasteiger partial charge in [0.15, 0.2) is 0 Å². The van der Waals surface area contributed by atoms with E-state index in [0.29, 0.717) is 12.1 Å². The summed E-state index contributed by atoms with van der Waals surface area (Å²) >= 11 is 0. The summed E-state index contributed by atoms with van der Waals surface area (Å²) < 4.78 is 89.8. The van der Waals surface area contributed by atoms with E-state index in [4.69, 9.17) is 0 Å². The standard InChI is InChI=1S/C13H6F7N/c14-11-9(5-7(6-21-11)12(15,16)17)8-3-1-2-4-10(8)13(18,19)20/h1-6H. The molecule has 0 saturated heterocycles. The largest absolute Gasteiger partial charge is 0.417 e. The van der Waals surface area contributed by atoms with Crippen molar-refractivity contribution in [1.29, 1.82) is 0 Å². The average Bonchev–Trinajstić information content (AvgIpc) is 2.37. The highest BCUT2D eigenvalue weighted by Gasteiger charge is 2.36. The van der Waals surface area contributed by atoms with Gasteiger partial charge in [-0.1, -0.05) is 18.2 Å². The second-order valence-electron chi connectivity index (χ2n) is 4.10. The maximum Gasteiger partial charge on any atom is 0.417 e. The zero-order chi connectivity index (χ0) is 15.8. The molecule has 2 aromatic rings. The Hall–Kier alpha value is -2.12. The maximum atomic E-state index is 13.6. The Morgan fingerprint density at radius 2 is 1.43 bits per heavy atom. The first kappa shape index (κ1) is 15.3. The van der Waals surface area contributed by atoms with Crippen molar-refractivity contribution in [2.45, 2.75) is 12.4 Å². The first-order valence-electron chi connectivity index (χ1n) is 5.50. The van der Waals surface area contributed by atoms with Gasteiger partial charge in [-0.25, -0.2) is 4.98 Å². The zero-order valence-corrected chi connectivity index (χ0v) is 10.1. The Morgan fingerprint density at radius 1 is 0.810 bits per heavy atom. The first-order chi connectivity index (χ1) is 9.60. The minimum atomic E-state index is -4.83. The van der Waals surface area contributed by atoms with Crippen molar-refractivity contribution in [2.24, 2.45) is 0 Å². The van der Waals surface area contributed by atoms with Crippen LogP contribution in [0.5, 0.6) is 0 Å². The Morgan fingerprint density at radius 3 is 2.00 bits per heavy atom. The number of rotatable bonds is 1. The van der Waals surface area contributed by atoms with Crippen LogP contribution in [0.15, 0.2) is 36.5 Å². The van der Waals surface area contributed by atoms with E-state index in [2.05, 4.69) is 4.98 Å². The predicted octanol–water partition coefficient (Wildman–Crippen LogP) is 4.93. The Labute approximate surface area is 114 Å². The van der Waals surface area contributed by atoms with E-state index >= 15 is 0 Å². The van der Waals surface area contributed by atoms with E-state index in [9.17, 15) is 30.7 Å². The third-order valence-corrected chi connectivity index (χ3v) is 2.69. The number of benzene rings is 1. The van der Waals surface area contributed by atoms with Gasteiger partial charge in [0.05, 0.1) is 11.1 Å². The monoisotopic (exact) mass is 309 g/mol. The van der Waals surface area contributed by atoms with Crippen molar-refractivity contribution in [2.75, 3.05) is 0 Å². The van der Waals surface area contributed by atoms with Gasteiger partial charge in [0.2, 0.25) is 5.95 Å². The van der Waals surface area contributed by atoms with Gasteiger partial charge in [0, 0.05) is 11.8 Å². The number of pyridine rings is 1. The van der Waals surface area contributed by atoms with Crippen LogP contribution in [0.3, 0.4) is 0 Å². The molecule has 0 spiro atoms. The second-order valence-corrected chi connectivity index (χ2v) is 4.10. The lowest BCUT2D eigenvalue weighted by Crippen LogP contribution is -2.10. The zero-order valence-electron chi connectivity index (χ0n) is 10.1. The van der Waals surface area contributed by atoms with Gasteiger partial charge in [-0.05, 0) is 17.7 Å². The molecule has 21 heavy (non-hydrogen) atoms. The van der Waals surface area contributed by atoms with E-state index in [1.54, 1.807) is 0 Å². The van der Waals surface area contributed by atoms with E-state index < -0.39 is 40.6 Å². The minimum Gasteiger partial charge on any atom is -0.227 e. The molecule has 1 heterocycles. The molecule has 0 aliphatic rings. The van der Waals surface area contributed by atoms with Crippen molar-refractivity contribution in [1.82, 2.24) is 4.98 Å². The molecule has 8 heteroatoms. The topological polar surface area (TPSA) is 12.9 Å². The summed E-state index contributed by atoms with van der Waals surface area (Å²) in [5.74, 6) is -1.40. The van der Waals surface area contributed by atoms with Crippen LogP contribution < -0.4 is 0 Å². The molecule has 0 bridgehead atoms. The molecule has 0 aliphatic carbocycles. The number of hydrogen-bond acceptors (Lipinski definition) is 1. The van der Waals surface area contributed by atoms with E-state index in [-0.39, 0.29) is 6.20 Å². The van der Waals surface area contributed by atoms with Crippen LogP contribution in [-0.4, -0.2) is 4.98 Å². The number of aromatic nitrogens is 1. The fourth-order valence-electron chi connectivity index (χ4n) is 1.76. The third kappa shape index (κ3) is 3.14. The number of hydrogen-bond donors (Lipinski definition) is 0. The van der Waals surface area contributed by atoms with Gasteiger partial charge < -0.3 is 0 Å². The molecule has 0 radical (unpaired) electrons. The molecule has 0 N–H and O–H groups in total. The van der Waals surface area contributed by atoms with Crippen LogP contribution in [0.25, 0.3) is 11.1 Å². The van der Waals surface area contributed by atoms with E-state index in [1.807, 2.05) is 0 Å². The van der Waals surface area contributed by atoms with Crippen LogP contribution in [0.4, 0.5) is 30.7 Å². The SMILES string of the molecule is Fc1ncc(C(F)(F)F)cc1-c1ccccc1C(F)(F)F. The van der Waals surface area contributed by atoms with Crippen molar-refractivity contribution >= 4 is 0 Å². The highest BCUT2D eigenvalue weighted by atomic mass is 19.4. The summed E-state index contributed by atoms with van der Waals surface area (Å²) in [6.07, 6.45) is -9.42. The van der Waals surface area contributed by atoms with Gasteiger partial charge >= 0.3 is 12.4 Å². The molecule has 0 fully saturated rings. The lowest BCUT2D eigenvalue weighted by Gasteiger charge is -2.14. The molecule has 0 unspecified atom stereocenters. The van der Waals surface area contributed by atoms with Crippen LogP contribution >= 0.6 is 0 Å². The molecular weight excluding hydrogens is 303 g/mol. The molecular formula is C13H6F7N. The smallest absolute Gasteiger partial charge is 0.227 e. The quantitative estimate of drug-likeness (QED) is 0.538. The fraction of sp³-hybridized carbons (Fsp3) is 0.154. The summed E-state index contributed by atoms with van der Waals surface area (Å²) in [5.41, 5.74) is -4.10. The first-order valence-corrected chi connectivity index (χ1v) is 5.50. The van der Waals surface area contributed by atoms with Crippen LogP contribution in [0, 0.1) is 5.95 Å². The third-order valence-electron chi connectivity index (χ3n) is 2.69. The summed E-state index contributed by atoms with van der Waals surface area (Å²) in [6, 6.07) is 4.10. The molecule has 1 aromatic heterocycles. The normalized spacial score (nSPS) is 12.5. The summed E-state index contributed by atoms with van der Waals surface area (Å²) in [6.45, 7) is 0. The summed E-state index contributed by atoms with van der Waals surface area (Å²) in [7, 11) is 0. The van der Waals surface area contributed by atoms with Crippen molar-refractivity contribution in [3.8, 4) is 11.1 Å². The summed E-state index contributed by atoms with van der Waals surface area (Å²) in [5, 5.41) is 0. The molecule has 0 atom stereocenters. The van der Waals surface area contributed by atoms with Crippen molar-refractivity contribution in [3.05, 3.63) is 53.6 Å². The van der Waals surface area contributed by atoms with Gasteiger partial charge in [0.25, 0.3) is 0 Å². The molecule has 1 nitrogen and oxygen atoms in total. The lowest BCUT2D eigenvalue weighted by atomic mass is 9.99. The van der Waals surface area contributed by atoms with Crippen LogP contribution in [0.2, 0.25) is 0 Å². The Kier molecular flexibility index (Phi) is 3.65. The Balaban J connectivity index is 2.68. The Bertz CT molecular complexity index is 658. The average molecular weight is 309 g/mol. The number of nitrogens with zero attached hydrogens (tertiary/aromatic N) is 1. The molecule has 0 aliphatic heterocycles. The van der Waals surface area contributed by atoms with Gasteiger partial charge in [-0.2, -0.15) is 30.7 Å². The molecule has 2 rings (SSSR count). The number of halogens is 7. The fourth-order valence-corrected chi connectivity index (χ4v) is 1.76. The predicted molar refractivity (Wildman–Crippen MR) is 59.6 cm³/mol. The lowest BCUT2D eigenvalue weighted by molar-refractivity contribution is -0.138. The molecule has 1 aromatic carbocycles. The maximum absolute atomic E-state index is 13.6. The molecule has 112 valence electrons. The van der Waals surface area contributed by atoms with Crippen LogP contribution in [-0.2, 0) is 12.4 Å².